The van der Waals surface area contributed by atoms with Crippen molar-refractivity contribution >= 4 is 5.91 Å². The van der Waals surface area contributed by atoms with Crippen molar-refractivity contribution in [2.45, 2.75) is 38.1 Å². The molecule has 6 nitrogen and oxygen atoms in total. The highest BCUT2D eigenvalue weighted by Crippen LogP contribution is 2.35. The van der Waals surface area contributed by atoms with E-state index >= 15 is 0 Å². The van der Waals surface area contributed by atoms with Gasteiger partial charge in [0.1, 0.15) is 0 Å². The molecule has 5 rings (SSSR count). The molecule has 0 atom stereocenters. The van der Waals surface area contributed by atoms with Crippen LogP contribution in [0.1, 0.15) is 45.9 Å². The van der Waals surface area contributed by atoms with Crippen molar-refractivity contribution in [3.8, 4) is 22.3 Å². The highest BCUT2D eigenvalue weighted by molar-refractivity contribution is 5.95. The monoisotopic (exact) mass is 491 g/mol. The van der Waals surface area contributed by atoms with Crippen LogP contribution in [0.4, 0.5) is 13.2 Å². The second-order valence-corrected chi connectivity index (χ2v) is 8.86. The van der Waals surface area contributed by atoms with Crippen LogP contribution in [0.15, 0.2) is 73.3 Å². The third-order valence-corrected chi connectivity index (χ3v) is 6.23. The van der Waals surface area contributed by atoms with E-state index in [1.807, 2.05) is 10.9 Å². The van der Waals surface area contributed by atoms with Gasteiger partial charge in [0.2, 0.25) is 0 Å². The lowest BCUT2D eigenvalue weighted by Crippen LogP contribution is -2.22. The van der Waals surface area contributed by atoms with Crippen LogP contribution < -0.4 is 11.1 Å². The lowest BCUT2D eigenvalue weighted by atomic mass is 9.96. The van der Waals surface area contributed by atoms with Crippen LogP contribution in [0.2, 0.25) is 0 Å². The first-order chi connectivity index (χ1) is 17.3. The van der Waals surface area contributed by atoms with Gasteiger partial charge in [-0.25, -0.2) is 0 Å². The maximum atomic E-state index is 13.2. The van der Waals surface area contributed by atoms with E-state index in [0.717, 1.165) is 41.7 Å². The third-order valence-electron chi connectivity index (χ3n) is 6.23. The minimum absolute atomic E-state index is 0.125. The van der Waals surface area contributed by atoms with Gasteiger partial charge in [0.05, 0.1) is 23.4 Å². The number of nitrogens with two attached hydrogens (primary N) is 1. The summed E-state index contributed by atoms with van der Waals surface area (Å²) < 4.78 is 41.5. The predicted octanol–water partition coefficient (Wildman–Crippen LogP) is 5.35. The smallest absolute Gasteiger partial charge is 0.348 e. The van der Waals surface area contributed by atoms with Crippen molar-refractivity contribution in [3.63, 3.8) is 0 Å². The van der Waals surface area contributed by atoms with Gasteiger partial charge in [0.25, 0.3) is 5.91 Å². The number of benzene rings is 2. The topological polar surface area (TPSA) is 85.8 Å². The lowest BCUT2D eigenvalue weighted by Gasteiger charge is -2.13. The fraction of sp³-hybridized carbons (Fsp3) is 0.222. The summed E-state index contributed by atoms with van der Waals surface area (Å²) in [6.45, 7) is 0.384. The van der Waals surface area contributed by atoms with Crippen LogP contribution in [0.3, 0.4) is 0 Å². The first kappa shape index (κ1) is 23.7. The molecule has 1 saturated carbocycles. The Morgan fingerprint density at radius 1 is 1.00 bits per heavy atom. The average Bonchev–Trinajstić information content (AvgIpc) is 3.63. The molecule has 36 heavy (non-hydrogen) atoms. The molecule has 1 aliphatic rings. The summed E-state index contributed by atoms with van der Waals surface area (Å²) in [5, 5.41) is 7.26. The molecule has 184 valence electrons. The van der Waals surface area contributed by atoms with Gasteiger partial charge >= 0.3 is 6.18 Å². The number of alkyl halides is 3. The van der Waals surface area contributed by atoms with Crippen LogP contribution in [0.25, 0.3) is 22.3 Å². The van der Waals surface area contributed by atoms with Gasteiger partial charge in [0, 0.05) is 42.8 Å². The molecule has 2 heterocycles. The van der Waals surface area contributed by atoms with Gasteiger partial charge in [-0.15, -0.1) is 0 Å². The Labute approximate surface area is 206 Å². The van der Waals surface area contributed by atoms with E-state index in [4.69, 9.17) is 5.73 Å². The van der Waals surface area contributed by atoms with Crippen LogP contribution in [-0.2, 0) is 19.3 Å². The van der Waals surface area contributed by atoms with Crippen LogP contribution in [-0.4, -0.2) is 20.7 Å². The Bertz CT molecular complexity index is 1390. The van der Waals surface area contributed by atoms with Crippen molar-refractivity contribution < 1.29 is 18.0 Å². The number of hydrogen-bond donors (Lipinski definition) is 2. The minimum atomic E-state index is -4.43. The van der Waals surface area contributed by atoms with E-state index < -0.39 is 11.7 Å². The Morgan fingerprint density at radius 3 is 2.47 bits per heavy atom. The van der Waals surface area contributed by atoms with Gasteiger partial charge in [-0.3, -0.25) is 14.5 Å². The third kappa shape index (κ3) is 5.16. The average molecular weight is 492 g/mol. The van der Waals surface area contributed by atoms with Crippen LogP contribution in [0, 0.1) is 0 Å². The molecule has 0 aliphatic heterocycles. The first-order valence-corrected chi connectivity index (χ1v) is 11.6. The number of pyridine rings is 1. The number of carbonyl (C=O) groups is 1. The van der Waals surface area contributed by atoms with Crippen LogP contribution in [0.5, 0.6) is 0 Å². The Hall–Kier alpha value is -3.98. The number of rotatable bonds is 7. The molecule has 3 N–H and O–H groups in total. The summed E-state index contributed by atoms with van der Waals surface area (Å²) in [6.07, 6.45) is 4.80. The van der Waals surface area contributed by atoms with Crippen molar-refractivity contribution in [2.24, 2.45) is 5.73 Å². The Balaban J connectivity index is 1.26. The van der Waals surface area contributed by atoms with Gasteiger partial charge in [-0.2, -0.15) is 18.3 Å². The van der Waals surface area contributed by atoms with Crippen molar-refractivity contribution in [1.82, 2.24) is 20.1 Å². The molecule has 0 unspecified atom stereocenters. The quantitative estimate of drug-likeness (QED) is 0.365. The number of nitrogens with zero attached hydrogens (tertiary/aromatic N) is 3. The largest absolute Gasteiger partial charge is 0.416 e. The molecule has 2 aromatic heterocycles. The van der Waals surface area contributed by atoms with Gasteiger partial charge in [0.15, 0.2) is 0 Å². The molecule has 0 bridgehead atoms. The summed E-state index contributed by atoms with van der Waals surface area (Å²) in [4.78, 5) is 16.9. The van der Waals surface area contributed by atoms with Crippen molar-refractivity contribution in [2.75, 3.05) is 0 Å². The van der Waals surface area contributed by atoms with Crippen LogP contribution >= 0.6 is 0 Å². The highest BCUT2D eigenvalue weighted by Gasteiger charge is 2.31. The fourth-order valence-electron chi connectivity index (χ4n) is 4.03. The van der Waals surface area contributed by atoms with E-state index in [1.54, 1.807) is 42.7 Å². The zero-order valence-corrected chi connectivity index (χ0v) is 19.3. The summed E-state index contributed by atoms with van der Waals surface area (Å²) in [6, 6.07) is 12.8. The molecule has 0 saturated heterocycles. The fourth-order valence-corrected chi connectivity index (χ4v) is 4.03. The minimum Gasteiger partial charge on any atom is -0.348 e. The zero-order chi connectivity index (χ0) is 25.3. The van der Waals surface area contributed by atoms with Gasteiger partial charge in [-0.1, -0.05) is 30.3 Å². The van der Waals surface area contributed by atoms with E-state index in [2.05, 4.69) is 15.4 Å². The van der Waals surface area contributed by atoms with Gasteiger partial charge in [-0.05, 0) is 53.3 Å². The summed E-state index contributed by atoms with van der Waals surface area (Å²) in [7, 11) is 0. The van der Waals surface area contributed by atoms with E-state index in [0.29, 0.717) is 28.3 Å². The SMILES string of the molecule is NCc1ccc(C(F)(F)F)cc1-c1ccc(CNC(=O)c2cncc(-c3cnn(C4CC4)c3)c2)cc1. The van der Waals surface area contributed by atoms with Gasteiger partial charge < -0.3 is 11.1 Å². The molecule has 1 amide bonds. The maximum absolute atomic E-state index is 13.2. The molecule has 1 aliphatic carbocycles. The zero-order valence-electron chi connectivity index (χ0n) is 19.3. The van der Waals surface area contributed by atoms with E-state index in [1.165, 1.54) is 12.3 Å². The first-order valence-electron chi connectivity index (χ1n) is 11.6. The number of amides is 1. The molecular formula is C27H24F3N5O. The summed E-state index contributed by atoms with van der Waals surface area (Å²) in [5.41, 5.74) is 9.67. The number of nitrogens with one attached hydrogen (secondary N) is 1. The normalized spacial score (nSPS) is 13.6. The summed E-state index contributed by atoms with van der Waals surface area (Å²) >= 11 is 0. The standard InChI is InChI=1S/C27H24F3N5O/c28-27(29,30)23-6-5-19(11-31)25(10-23)18-3-1-17(2-4-18)12-33-26(36)21-9-20(13-32-14-21)22-15-34-35(16-22)24-7-8-24/h1-6,9-10,13-16,24H,7-8,11-12,31H2,(H,33,36). The Morgan fingerprint density at radius 2 is 1.78 bits per heavy atom. The summed E-state index contributed by atoms with van der Waals surface area (Å²) in [5.74, 6) is -0.272. The Kier molecular flexibility index (Phi) is 6.32. The van der Waals surface area contributed by atoms with E-state index in [-0.39, 0.29) is 19.0 Å². The second kappa shape index (κ2) is 9.58. The molecular weight excluding hydrogens is 467 g/mol. The maximum Gasteiger partial charge on any atom is 0.416 e. The molecule has 1 fully saturated rings. The second-order valence-electron chi connectivity index (χ2n) is 8.86. The number of aromatic nitrogens is 3. The molecule has 4 aromatic rings. The predicted molar refractivity (Wildman–Crippen MR) is 130 cm³/mol. The van der Waals surface area contributed by atoms with Crippen molar-refractivity contribution in [1.29, 1.82) is 0 Å². The number of hydrogen-bond acceptors (Lipinski definition) is 4. The molecule has 9 heteroatoms. The lowest BCUT2D eigenvalue weighted by molar-refractivity contribution is -0.137. The van der Waals surface area contributed by atoms with E-state index in [9.17, 15) is 18.0 Å². The number of halogens is 3. The van der Waals surface area contributed by atoms with Crippen molar-refractivity contribution in [3.05, 3.63) is 95.6 Å². The highest BCUT2D eigenvalue weighted by atomic mass is 19.4. The molecule has 0 radical (unpaired) electrons. The molecule has 0 spiro atoms. The molecule has 2 aromatic carbocycles. The number of carbonyl (C=O) groups excluding carboxylic acids is 1.